The normalized spacial score (nSPS) is 25.5. The lowest BCUT2D eigenvalue weighted by molar-refractivity contribution is -0.180. The van der Waals surface area contributed by atoms with E-state index < -0.39 is 29.7 Å². The standard InChI is InChI=1S/C13H23NO5/c1-8(14)11(15)18-9-5-6-17-10(7-9)12(16)19-13(2,3)4/h8-10H,5-7,14H2,1-4H3/t8-,9?,10?/m0/s1. The number of hydrogen-bond acceptors (Lipinski definition) is 6. The fraction of sp³-hybridized carbons (Fsp3) is 0.846. The Labute approximate surface area is 113 Å². The predicted octanol–water partition coefficient (Wildman–Crippen LogP) is 0.766. The van der Waals surface area contributed by atoms with E-state index in [1.54, 1.807) is 27.7 Å². The zero-order chi connectivity index (χ0) is 14.6. The van der Waals surface area contributed by atoms with Gasteiger partial charge in [-0.3, -0.25) is 4.79 Å². The molecule has 0 bridgehead atoms. The smallest absolute Gasteiger partial charge is 0.335 e. The minimum Gasteiger partial charge on any atom is -0.461 e. The third-order valence-corrected chi connectivity index (χ3v) is 2.56. The molecule has 1 rings (SSSR count). The van der Waals surface area contributed by atoms with Crippen LogP contribution in [0.5, 0.6) is 0 Å². The van der Waals surface area contributed by atoms with E-state index in [-0.39, 0.29) is 6.10 Å². The van der Waals surface area contributed by atoms with Gasteiger partial charge in [-0.25, -0.2) is 4.79 Å². The van der Waals surface area contributed by atoms with Crippen molar-refractivity contribution in [3.63, 3.8) is 0 Å². The molecule has 1 saturated heterocycles. The molecule has 0 aromatic heterocycles. The van der Waals surface area contributed by atoms with Gasteiger partial charge in [0, 0.05) is 12.8 Å². The fourth-order valence-electron chi connectivity index (χ4n) is 1.68. The summed E-state index contributed by atoms with van der Waals surface area (Å²) in [6.07, 6.45) is -0.144. The number of nitrogens with two attached hydrogens (primary N) is 1. The van der Waals surface area contributed by atoms with Crippen molar-refractivity contribution in [2.24, 2.45) is 5.73 Å². The molecule has 0 saturated carbocycles. The quantitative estimate of drug-likeness (QED) is 0.764. The minimum atomic E-state index is -0.682. The van der Waals surface area contributed by atoms with Crippen LogP contribution in [-0.2, 0) is 23.8 Å². The summed E-state index contributed by atoms with van der Waals surface area (Å²) in [5.74, 6) is -0.885. The van der Waals surface area contributed by atoms with Crippen LogP contribution in [0, 0.1) is 0 Å². The Morgan fingerprint density at radius 2 is 2.00 bits per heavy atom. The lowest BCUT2D eigenvalue weighted by atomic mass is 10.1. The lowest BCUT2D eigenvalue weighted by Gasteiger charge is -2.30. The van der Waals surface area contributed by atoms with Gasteiger partial charge >= 0.3 is 11.9 Å². The minimum absolute atomic E-state index is 0.313. The molecular weight excluding hydrogens is 250 g/mol. The molecule has 6 heteroatoms. The van der Waals surface area contributed by atoms with Crippen LogP contribution >= 0.6 is 0 Å². The Balaban J connectivity index is 2.50. The highest BCUT2D eigenvalue weighted by molar-refractivity contribution is 5.76. The highest BCUT2D eigenvalue weighted by atomic mass is 16.6. The molecule has 19 heavy (non-hydrogen) atoms. The number of hydrogen-bond donors (Lipinski definition) is 1. The molecule has 1 aliphatic rings. The summed E-state index contributed by atoms with van der Waals surface area (Å²) in [6, 6.07) is -0.664. The largest absolute Gasteiger partial charge is 0.461 e. The summed E-state index contributed by atoms with van der Waals surface area (Å²) in [7, 11) is 0. The first kappa shape index (κ1) is 15.9. The maximum absolute atomic E-state index is 11.9. The van der Waals surface area contributed by atoms with E-state index in [9.17, 15) is 9.59 Å². The maximum Gasteiger partial charge on any atom is 0.335 e. The number of carbonyl (C=O) groups excluding carboxylic acids is 2. The first-order valence-electron chi connectivity index (χ1n) is 6.49. The monoisotopic (exact) mass is 273 g/mol. The van der Waals surface area contributed by atoms with Crippen molar-refractivity contribution in [2.75, 3.05) is 6.61 Å². The number of carbonyl (C=O) groups is 2. The molecule has 3 atom stereocenters. The molecule has 0 aromatic carbocycles. The number of ether oxygens (including phenoxy) is 3. The van der Waals surface area contributed by atoms with Crippen molar-refractivity contribution in [3.05, 3.63) is 0 Å². The second kappa shape index (κ2) is 6.34. The van der Waals surface area contributed by atoms with Crippen LogP contribution in [0.4, 0.5) is 0 Å². The molecule has 0 amide bonds. The Morgan fingerprint density at radius 1 is 1.37 bits per heavy atom. The highest BCUT2D eigenvalue weighted by Crippen LogP contribution is 2.20. The van der Waals surface area contributed by atoms with Crippen LogP contribution in [0.2, 0.25) is 0 Å². The Bertz CT molecular complexity index is 334. The zero-order valence-electron chi connectivity index (χ0n) is 12.0. The molecular formula is C13H23NO5. The summed E-state index contributed by atoms with van der Waals surface area (Å²) in [6.45, 7) is 7.30. The molecule has 2 unspecified atom stereocenters. The van der Waals surface area contributed by atoms with E-state index >= 15 is 0 Å². The van der Waals surface area contributed by atoms with Gasteiger partial charge in [0.2, 0.25) is 0 Å². The van der Waals surface area contributed by atoms with Gasteiger partial charge in [0.05, 0.1) is 6.61 Å². The Morgan fingerprint density at radius 3 is 2.53 bits per heavy atom. The second-order valence-electron chi connectivity index (χ2n) is 5.76. The molecule has 1 heterocycles. The average molecular weight is 273 g/mol. The SMILES string of the molecule is C[C@H](N)C(=O)OC1CCOC(C(=O)OC(C)(C)C)C1. The molecule has 2 N–H and O–H groups in total. The van der Waals surface area contributed by atoms with Crippen molar-refractivity contribution in [1.29, 1.82) is 0 Å². The molecule has 1 aliphatic heterocycles. The summed E-state index contributed by atoms with van der Waals surface area (Å²) in [4.78, 5) is 23.3. The average Bonchev–Trinajstić information content (AvgIpc) is 2.27. The molecule has 110 valence electrons. The predicted molar refractivity (Wildman–Crippen MR) is 68.3 cm³/mol. The van der Waals surface area contributed by atoms with Crippen molar-refractivity contribution in [2.45, 2.75) is 64.4 Å². The van der Waals surface area contributed by atoms with Gasteiger partial charge in [-0.15, -0.1) is 0 Å². The van der Waals surface area contributed by atoms with Gasteiger partial charge in [0.25, 0.3) is 0 Å². The summed E-state index contributed by atoms with van der Waals surface area (Å²) in [5.41, 5.74) is 4.87. The van der Waals surface area contributed by atoms with Gasteiger partial charge in [-0.05, 0) is 27.7 Å². The fourth-order valence-corrected chi connectivity index (χ4v) is 1.68. The maximum atomic E-state index is 11.9. The third-order valence-electron chi connectivity index (χ3n) is 2.56. The first-order valence-corrected chi connectivity index (χ1v) is 6.49. The van der Waals surface area contributed by atoms with Crippen molar-refractivity contribution >= 4 is 11.9 Å². The zero-order valence-corrected chi connectivity index (χ0v) is 12.0. The first-order chi connectivity index (χ1) is 8.69. The topological polar surface area (TPSA) is 87.9 Å². The van der Waals surface area contributed by atoms with Gasteiger partial charge in [-0.2, -0.15) is 0 Å². The highest BCUT2D eigenvalue weighted by Gasteiger charge is 2.33. The van der Waals surface area contributed by atoms with Crippen LogP contribution in [-0.4, -0.2) is 42.4 Å². The van der Waals surface area contributed by atoms with Gasteiger partial charge < -0.3 is 19.9 Å². The van der Waals surface area contributed by atoms with E-state index in [1.807, 2.05) is 0 Å². The van der Waals surface area contributed by atoms with Crippen molar-refractivity contribution < 1.29 is 23.8 Å². The molecule has 0 radical (unpaired) electrons. The van der Waals surface area contributed by atoms with Crippen LogP contribution in [0.1, 0.15) is 40.5 Å². The second-order valence-corrected chi connectivity index (χ2v) is 5.76. The van der Waals surface area contributed by atoms with Crippen LogP contribution < -0.4 is 5.73 Å². The van der Waals surface area contributed by atoms with E-state index in [1.165, 1.54) is 0 Å². The Hall–Kier alpha value is -1.14. The van der Waals surface area contributed by atoms with Crippen LogP contribution in [0.25, 0.3) is 0 Å². The Kier molecular flexibility index (Phi) is 5.31. The van der Waals surface area contributed by atoms with E-state index in [4.69, 9.17) is 19.9 Å². The van der Waals surface area contributed by atoms with Crippen molar-refractivity contribution in [3.8, 4) is 0 Å². The van der Waals surface area contributed by atoms with Gasteiger partial charge in [0.1, 0.15) is 17.7 Å². The van der Waals surface area contributed by atoms with Crippen LogP contribution in [0.3, 0.4) is 0 Å². The lowest BCUT2D eigenvalue weighted by Crippen LogP contribution is -2.42. The third kappa shape index (κ3) is 5.57. The van der Waals surface area contributed by atoms with Crippen molar-refractivity contribution in [1.82, 2.24) is 0 Å². The summed E-state index contributed by atoms with van der Waals surface area (Å²) >= 11 is 0. The molecule has 0 spiro atoms. The van der Waals surface area contributed by atoms with Gasteiger partial charge in [-0.1, -0.05) is 0 Å². The summed E-state index contributed by atoms with van der Waals surface area (Å²) < 4.78 is 15.8. The van der Waals surface area contributed by atoms with E-state index in [0.29, 0.717) is 19.4 Å². The number of rotatable bonds is 3. The summed E-state index contributed by atoms with van der Waals surface area (Å²) in [5, 5.41) is 0. The molecule has 0 aliphatic carbocycles. The molecule has 0 aromatic rings. The molecule has 1 fully saturated rings. The van der Waals surface area contributed by atoms with E-state index in [2.05, 4.69) is 0 Å². The van der Waals surface area contributed by atoms with Gasteiger partial charge in [0.15, 0.2) is 6.10 Å². The molecule has 6 nitrogen and oxygen atoms in total. The van der Waals surface area contributed by atoms with Crippen LogP contribution in [0.15, 0.2) is 0 Å². The number of esters is 2. The van der Waals surface area contributed by atoms with E-state index in [0.717, 1.165) is 0 Å².